The SMILES string of the molecule is O=C(NC1CC1)c1ccc(NCc2cccnc2)cn1. The molecule has 0 unspecified atom stereocenters. The van der Waals surface area contributed by atoms with E-state index in [0.29, 0.717) is 18.3 Å². The van der Waals surface area contributed by atoms with Crippen LogP contribution < -0.4 is 10.6 Å². The molecule has 2 N–H and O–H groups in total. The zero-order chi connectivity index (χ0) is 13.8. The van der Waals surface area contributed by atoms with Crippen LogP contribution in [0.1, 0.15) is 28.9 Å². The van der Waals surface area contributed by atoms with Crippen molar-refractivity contribution in [3.63, 3.8) is 0 Å². The number of aromatic nitrogens is 2. The maximum Gasteiger partial charge on any atom is 0.270 e. The van der Waals surface area contributed by atoms with E-state index >= 15 is 0 Å². The van der Waals surface area contributed by atoms with E-state index in [2.05, 4.69) is 20.6 Å². The maximum atomic E-state index is 11.8. The summed E-state index contributed by atoms with van der Waals surface area (Å²) in [4.78, 5) is 20.0. The molecule has 1 aliphatic carbocycles. The maximum absolute atomic E-state index is 11.8. The van der Waals surface area contributed by atoms with Crippen LogP contribution >= 0.6 is 0 Å². The van der Waals surface area contributed by atoms with Crippen molar-refractivity contribution in [1.82, 2.24) is 15.3 Å². The second-order valence-electron chi connectivity index (χ2n) is 4.89. The van der Waals surface area contributed by atoms with Gasteiger partial charge in [-0.1, -0.05) is 6.07 Å². The van der Waals surface area contributed by atoms with Crippen LogP contribution in [0.3, 0.4) is 0 Å². The largest absolute Gasteiger partial charge is 0.380 e. The Bertz CT molecular complexity index is 579. The molecule has 20 heavy (non-hydrogen) atoms. The molecule has 2 heterocycles. The van der Waals surface area contributed by atoms with E-state index < -0.39 is 0 Å². The van der Waals surface area contributed by atoms with Gasteiger partial charge in [0, 0.05) is 25.0 Å². The molecule has 5 heteroatoms. The van der Waals surface area contributed by atoms with Crippen LogP contribution in [0.15, 0.2) is 42.9 Å². The number of amides is 1. The molecule has 0 atom stereocenters. The minimum absolute atomic E-state index is 0.0914. The first-order valence-corrected chi connectivity index (χ1v) is 6.71. The summed E-state index contributed by atoms with van der Waals surface area (Å²) in [5.74, 6) is -0.0914. The predicted molar refractivity (Wildman–Crippen MR) is 76.3 cm³/mol. The number of anilines is 1. The molecule has 5 nitrogen and oxygen atoms in total. The third-order valence-corrected chi connectivity index (χ3v) is 3.13. The molecule has 0 saturated heterocycles. The van der Waals surface area contributed by atoms with Gasteiger partial charge in [0.15, 0.2) is 0 Å². The van der Waals surface area contributed by atoms with E-state index in [4.69, 9.17) is 0 Å². The third-order valence-electron chi connectivity index (χ3n) is 3.13. The Morgan fingerprint density at radius 1 is 1.25 bits per heavy atom. The molecule has 2 aromatic rings. The van der Waals surface area contributed by atoms with Crippen molar-refractivity contribution >= 4 is 11.6 Å². The predicted octanol–water partition coefficient (Wildman–Crippen LogP) is 1.98. The Kier molecular flexibility index (Phi) is 3.58. The highest BCUT2D eigenvalue weighted by Crippen LogP contribution is 2.19. The lowest BCUT2D eigenvalue weighted by atomic mass is 10.2. The van der Waals surface area contributed by atoms with Crippen LogP contribution in [-0.2, 0) is 6.54 Å². The Labute approximate surface area is 117 Å². The lowest BCUT2D eigenvalue weighted by molar-refractivity contribution is 0.0946. The summed E-state index contributed by atoms with van der Waals surface area (Å²) in [6, 6.07) is 7.87. The number of carbonyl (C=O) groups excluding carboxylic acids is 1. The van der Waals surface area contributed by atoms with Crippen LogP contribution in [0.4, 0.5) is 5.69 Å². The number of nitrogens with zero attached hydrogens (tertiary/aromatic N) is 2. The standard InChI is InChI=1S/C15H16N4O/c20-15(19-12-3-4-12)14-6-5-13(10-18-14)17-9-11-2-1-7-16-8-11/h1-2,5-8,10,12,17H,3-4,9H2,(H,19,20). The first-order chi connectivity index (χ1) is 9.81. The minimum atomic E-state index is -0.0914. The molecular weight excluding hydrogens is 252 g/mol. The van der Waals surface area contributed by atoms with Crippen molar-refractivity contribution < 1.29 is 4.79 Å². The third kappa shape index (κ3) is 3.32. The Morgan fingerprint density at radius 2 is 2.15 bits per heavy atom. The lowest BCUT2D eigenvalue weighted by Gasteiger charge is -2.07. The Hall–Kier alpha value is -2.43. The van der Waals surface area contributed by atoms with Gasteiger partial charge in [-0.05, 0) is 36.6 Å². The summed E-state index contributed by atoms with van der Waals surface area (Å²) < 4.78 is 0. The van der Waals surface area contributed by atoms with Gasteiger partial charge in [0.1, 0.15) is 5.69 Å². The van der Waals surface area contributed by atoms with Gasteiger partial charge in [0.25, 0.3) is 5.91 Å². The second kappa shape index (κ2) is 5.69. The molecule has 102 valence electrons. The monoisotopic (exact) mass is 268 g/mol. The molecule has 0 radical (unpaired) electrons. The second-order valence-corrected chi connectivity index (χ2v) is 4.89. The van der Waals surface area contributed by atoms with Gasteiger partial charge < -0.3 is 10.6 Å². The lowest BCUT2D eigenvalue weighted by Crippen LogP contribution is -2.26. The van der Waals surface area contributed by atoms with Crippen molar-refractivity contribution in [3.8, 4) is 0 Å². The van der Waals surface area contributed by atoms with Crippen LogP contribution in [-0.4, -0.2) is 21.9 Å². The van der Waals surface area contributed by atoms with Crippen molar-refractivity contribution in [2.75, 3.05) is 5.32 Å². The average Bonchev–Trinajstić information content (AvgIpc) is 3.31. The topological polar surface area (TPSA) is 66.9 Å². The molecule has 1 saturated carbocycles. The number of rotatable bonds is 5. The van der Waals surface area contributed by atoms with Crippen molar-refractivity contribution in [2.24, 2.45) is 0 Å². The van der Waals surface area contributed by atoms with Crippen molar-refractivity contribution in [1.29, 1.82) is 0 Å². The van der Waals surface area contributed by atoms with E-state index in [0.717, 1.165) is 24.1 Å². The molecule has 1 fully saturated rings. The minimum Gasteiger partial charge on any atom is -0.380 e. The van der Waals surface area contributed by atoms with Gasteiger partial charge in [-0.15, -0.1) is 0 Å². The van der Waals surface area contributed by atoms with E-state index in [1.54, 1.807) is 18.5 Å². The summed E-state index contributed by atoms with van der Waals surface area (Å²) in [6.45, 7) is 0.684. The van der Waals surface area contributed by atoms with E-state index in [-0.39, 0.29) is 5.91 Å². The fraction of sp³-hybridized carbons (Fsp3) is 0.267. The summed E-state index contributed by atoms with van der Waals surface area (Å²) in [5.41, 5.74) is 2.45. The van der Waals surface area contributed by atoms with Gasteiger partial charge in [0.2, 0.25) is 0 Å². The van der Waals surface area contributed by atoms with Crippen molar-refractivity contribution in [2.45, 2.75) is 25.4 Å². The fourth-order valence-corrected chi connectivity index (χ4v) is 1.83. The Morgan fingerprint density at radius 3 is 2.80 bits per heavy atom. The molecule has 2 aromatic heterocycles. The summed E-state index contributed by atoms with van der Waals surface area (Å²) >= 11 is 0. The molecule has 1 aliphatic rings. The van der Waals surface area contributed by atoms with Gasteiger partial charge >= 0.3 is 0 Å². The van der Waals surface area contributed by atoms with Crippen LogP contribution in [0, 0.1) is 0 Å². The molecule has 1 amide bonds. The number of carbonyl (C=O) groups is 1. The van der Waals surface area contributed by atoms with E-state index in [1.165, 1.54) is 0 Å². The van der Waals surface area contributed by atoms with Gasteiger partial charge in [-0.25, -0.2) is 4.98 Å². The van der Waals surface area contributed by atoms with E-state index in [1.807, 2.05) is 24.4 Å². The van der Waals surface area contributed by atoms with Crippen LogP contribution in [0.2, 0.25) is 0 Å². The zero-order valence-corrected chi connectivity index (χ0v) is 11.0. The number of hydrogen-bond acceptors (Lipinski definition) is 4. The first-order valence-electron chi connectivity index (χ1n) is 6.71. The molecule has 0 spiro atoms. The highest BCUT2D eigenvalue weighted by Gasteiger charge is 2.24. The highest BCUT2D eigenvalue weighted by molar-refractivity contribution is 5.92. The normalized spacial score (nSPS) is 13.8. The number of pyridine rings is 2. The molecular formula is C15H16N4O. The quantitative estimate of drug-likeness (QED) is 0.870. The molecule has 3 rings (SSSR count). The summed E-state index contributed by atoms with van der Waals surface area (Å²) in [7, 11) is 0. The molecule has 0 bridgehead atoms. The van der Waals surface area contributed by atoms with E-state index in [9.17, 15) is 4.79 Å². The Balaban J connectivity index is 1.56. The molecule has 0 aromatic carbocycles. The van der Waals surface area contributed by atoms with Gasteiger partial charge in [0.05, 0.1) is 11.9 Å². The first kappa shape index (κ1) is 12.6. The van der Waals surface area contributed by atoms with Crippen LogP contribution in [0.5, 0.6) is 0 Å². The summed E-state index contributed by atoms with van der Waals surface area (Å²) in [5, 5.41) is 6.16. The van der Waals surface area contributed by atoms with Gasteiger partial charge in [-0.3, -0.25) is 9.78 Å². The fourth-order valence-electron chi connectivity index (χ4n) is 1.83. The number of nitrogens with one attached hydrogen (secondary N) is 2. The van der Waals surface area contributed by atoms with Crippen molar-refractivity contribution in [3.05, 3.63) is 54.1 Å². The summed E-state index contributed by atoms with van der Waals surface area (Å²) in [6.07, 6.45) is 7.40. The highest BCUT2D eigenvalue weighted by atomic mass is 16.2. The van der Waals surface area contributed by atoms with Gasteiger partial charge in [-0.2, -0.15) is 0 Å². The molecule has 0 aliphatic heterocycles. The zero-order valence-electron chi connectivity index (χ0n) is 11.0. The van der Waals surface area contributed by atoms with Crippen LogP contribution in [0.25, 0.3) is 0 Å². The average molecular weight is 268 g/mol. The number of hydrogen-bond donors (Lipinski definition) is 2. The smallest absolute Gasteiger partial charge is 0.270 e.